The summed E-state index contributed by atoms with van der Waals surface area (Å²) in [7, 11) is -2.56. The van der Waals surface area contributed by atoms with Crippen molar-refractivity contribution >= 4 is 40.2 Å². The van der Waals surface area contributed by atoms with E-state index in [2.05, 4.69) is 144 Å². The minimum absolute atomic E-state index is 0.0794. The van der Waals surface area contributed by atoms with Gasteiger partial charge in [-0.15, -0.1) is 0 Å². The van der Waals surface area contributed by atoms with Crippen LogP contribution in [0.4, 0.5) is 11.4 Å². The normalized spacial score (nSPS) is 14.6. The Kier molecular flexibility index (Phi) is 5.33. The molecule has 5 rings (SSSR count). The maximum atomic E-state index is 3.83. The molecule has 4 aromatic rings. The molecule has 1 nitrogen and oxygen atoms in total. The van der Waals surface area contributed by atoms with Gasteiger partial charge >= 0.3 is 0 Å². The first kappa shape index (κ1) is 22.7. The van der Waals surface area contributed by atoms with E-state index in [1.807, 2.05) is 0 Å². The summed E-state index contributed by atoms with van der Waals surface area (Å²) in [6.07, 6.45) is 0. The number of nitrogens with one attached hydrogen (secondary N) is 1. The summed E-state index contributed by atoms with van der Waals surface area (Å²) in [6, 6.07) is 36.7. The second kappa shape index (κ2) is 7.99. The molecule has 0 unspecified atom stereocenters. The summed E-state index contributed by atoms with van der Waals surface area (Å²) in [5.41, 5.74) is 5.40. The van der Waals surface area contributed by atoms with Crippen molar-refractivity contribution in [1.29, 1.82) is 0 Å². The number of hydrogen-bond donors (Lipinski definition) is 1. The van der Waals surface area contributed by atoms with Gasteiger partial charge in [-0.1, -0.05) is 126 Å². The standard InChI is InChI=1S/C32H35NSi/c1-31(2,3)23-17-19-27-29(21-23)34(25-13-9-7-10-14-25,26-15-11-8-12-16-26)30-22-24(32(4,5)6)18-20-28(30)33-27/h7-22,33H,1-6H3. The highest BCUT2D eigenvalue weighted by atomic mass is 28.3. The zero-order chi connectivity index (χ0) is 24.1. The lowest BCUT2D eigenvalue weighted by atomic mass is 9.86. The van der Waals surface area contributed by atoms with Crippen LogP contribution in [0.15, 0.2) is 97.1 Å². The van der Waals surface area contributed by atoms with Crippen molar-refractivity contribution in [3.05, 3.63) is 108 Å². The third-order valence-electron chi connectivity index (χ3n) is 7.26. The monoisotopic (exact) mass is 461 g/mol. The molecular weight excluding hydrogens is 426 g/mol. The van der Waals surface area contributed by atoms with E-state index in [4.69, 9.17) is 0 Å². The van der Waals surface area contributed by atoms with Gasteiger partial charge < -0.3 is 5.32 Å². The van der Waals surface area contributed by atoms with Crippen LogP contribution in [0.25, 0.3) is 0 Å². The van der Waals surface area contributed by atoms with E-state index in [1.165, 1.54) is 43.2 Å². The highest BCUT2D eigenvalue weighted by Gasteiger charge is 2.47. The quantitative estimate of drug-likeness (QED) is 0.332. The van der Waals surface area contributed by atoms with Gasteiger partial charge in [0.05, 0.1) is 0 Å². The number of anilines is 2. The summed E-state index contributed by atoms with van der Waals surface area (Å²) in [4.78, 5) is 0. The maximum Gasteiger partial charge on any atom is 0.184 e. The third-order valence-corrected chi connectivity index (χ3v) is 12.1. The second-order valence-electron chi connectivity index (χ2n) is 11.6. The fraction of sp³-hybridized carbons (Fsp3) is 0.250. The van der Waals surface area contributed by atoms with Crippen LogP contribution in [0.3, 0.4) is 0 Å². The van der Waals surface area contributed by atoms with E-state index in [0.717, 1.165) is 0 Å². The van der Waals surface area contributed by atoms with Crippen LogP contribution in [0.5, 0.6) is 0 Å². The third kappa shape index (κ3) is 3.61. The van der Waals surface area contributed by atoms with Gasteiger partial charge in [0.15, 0.2) is 8.07 Å². The molecule has 0 saturated carbocycles. The Bertz CT molecular complexity index is 1220. The lowest BCUT2D eigenvalue weighted by molar-refractivity contribution is 0.591. The van der Waals surface area contributed by atoms with Crippen LogP contribution >= 0.6 is 0 Å². The Morgan fingerprint density at radius 2 is 0.882 bits per heavy atom. The first-order valence-corrected chi connectivity index (χ1v) is 14.3. The molecule has 4 aromatic carbocycles. The summed E-state index contributed by atoms with van der Waals surface area (Å²) in [5, 5.41) is 9.60. The number of rotatable bonds is 2. The van der Waals surface area contributed by atoms with E-state index in [-0.39, 0.29) is 10.8 Å². The topological polar surface area (TPSA) is 12.0 Å². The number of benzene rings is 4. The number of fused-ring (bicyclic) bond motifs is 2. The molecule has 1 heterocycles. The molecule has 0 aliphatic carbocycles. The molecule has 0 radical (unpaired) electrons. The minimum atomic E-state index is -2.56. The molecule has 0 saturated heterocycles. The van der Waals surface area contributed by atoms with Gasteiger partial charge in [0.2, 0.25) is 0 Å². The van der Waals surface area contributed by atoms with E-state index in [1.54, 1.807) is 0 Å². The zero-order valence-corrected chi connectivity index (χ0v) is 22.2. The van der Waals surface area contributed by atoms with Crippen molar-refractivity contribution < 1.29 is 0 Å². The molecule has 2 heteroatoms. The summed E-state index contributed by atoms with van der Waals surface area (Å²) in [6.45, 7) is 13.9. The van der Waals surface area contributed by atoms with Gasteiger partial charge in [0.25, 0.3) is 0 Å². The summed E-state index contributed by atoms with van der Waals surface area (Å²) < 4.78 is 0. The van der Waals surface area contributed by atoms with Gasteiger partial charge in [-0.25, -0.2) is 0 Å². The average Bonchev–Trinajstić information content (AvgIpc) is 2.82. The lowest BCUT2D eigenvalue weighted by Crippen LogP contribution is -2.76. The average molecular weight is 462 g/mol. The molecule has 0 bridgehead atoms. The molecule has 1 aliphatic heterocycles. The molecular formula is C32H35NSi. The lowest BCUT2D eigenvalue weighted by Gasteiger charge is -2.42. The van der Waals surface area contributed by atoms with Crippen LogP contribution in [0.1, 0.15) is 52.7 Å². The fourth-order valence-electron chi connectivity index (χ4n) is 5.32. The number of hydrogen-bond acceptors (Lipinski definition) is 1. The Morgan fingerprint density at radius 1 is 0.500 bits per heavy atom. The SMILES string of the molecule is CC(C)(C)c1ccc2c(c1)[Si](c1ccccc1)(c1ccccc1)c1cc(C(C)(C)C)ccc1N2. The summed E-state index contributed by atoms with van der Waals surface area (Å²) >= 11 is 0. The predicted molar refractivity (Wildman–Crippen MR) is 151 cm³/mol. The van der Waals surface area contributed by atoms with E-state index >= 15 is 0 Å². The van der Waals surface area contributed by atoms with Crippen LogP contribution in [0.2, 0.25) is 0 Å². The molecule has 1 aliphatic rings. The molecule has 0 atom stereocenters. The Labute approximate surface area is 205 Å². The van der Waals surface area contributed by atoms with Crippen molar-refractivity contribution in [2.45, 2.75) is 52.4 Å². The molecule has 0 amide bonds. The van der Waals surface area contributed by atoms with Gasteiger partial charge in [0, 0.05) is 11.4 Å². The highest BCUT2D eigenvalue weighted by molar-refractivity contribution is 7.21. The molecule has 0 spiro atoms. The Morgan fingerprint density at radius 3 is 1.24 bits per heavy atom. The van der Waals surface area contributed by atoms with Crippen molar-refractivity contribution in [3.63, 3.8) is 0 Å². The second-order valence-corrected chi connectivity index (χ2v) is 15.4. The van der Waals surface area contributed by atoms with Crippen LogP contribution in [0, 0.1) is 0 Å². The van der Waals surface area contributed by atoms with Gasteiger partial charge in [-0.2, -0.15) is 0 Å². The predicted octanol–water partition coefficient (Wildman–Crippen LogP) is 5.72. The van der Waals surface area contributed by atoms with Gasteiger partial charge in [-0.05, 0) is 54.8 Å². The van der Waals surface area contributed by atoms with Crippen LogP contribution in [-0.2, 0) is 10.8 Å². The molecule has 172 valence electrons. The van der Waals surface area contributed by atoms with E-state index in [0.29, 0.717) is 0 Å². The highest BCUT2D eigenvalue weighted by Crippen LogP contribution is 2.32. The largest absolute Gasteiger partial charge is 0.356 e. The Balaban J connectivity index is 1.96. The van der Waals surface area contributed by atoms with E-state index in [9.17, 15) is 0 Å². The van der Waals surface area contributed by atoms with Crippen molar-refractivity contribution in [2.75, 3.05) is 5.32 Å². The molecule has 0 fully saturated rings. The molecule has 34 heavy (non-hydrogen) atoms. The first-order valence-electron chi connectivity index (χ1n) is 12.3. The van der Waals surface area contributed by atoms with E-state index < -0.39 is 8.07 Å². The smallest absolute Gasteiger partial charge is 0.184 e. The van der Waals surface area contributed by atoms with Crippen LogP contribution in [-0.4, -0.2) is 8.07 Å². The summed E-state index contributed by atoms with van der Waals surface area (Å²) in [5.74, 6) is 0. The van der Waals surface area contributed by atoms with Crippen molar-refractivity contribution in [3.8, 4) is 0 Å². The van der Waals surface area contributed by atoms with Gasteiger partial charge in [0.1, 0.15) is 0 Å². The van der Waals surface area contributed by atoms with Gasteiger partial charge in [-0.3, -0.25) is 0 Å². The molecule has 1 N–H and O–H groups in total. The maximum absolute atomic E-state index is 3.83. The zero-order valence-electron chi connectivity index (χ0n) is 21.2. The first-order chi connectivity index (χ1) is 16.1. The minimum Gasteiger partial charge on any atom is -0.356 e. The van der Waals surface area contributed by atoms with Crippen molar-refractivity contribution in [1.82, 2.24) is 0 Å². The molecule has 0 aromatic heterocycles. The van der Waals surface area contributed by atoms with Crippen molar-refractivity contribution in [2.24, 2.45) is 0 Å². The van der Waals surface area contributed by atoms with Crippen LogP contribution < -0.4 is 26.1 Å². The Hall–Kier alpha value is -3.10. The fourth-order valence-corrected chi connectivity index (χ4v) is 10.4.